The molecule has 0 atom stereocenters. The van der Waals surface area contributed by atoms with Crippen LogP contribution >= 0.6 is 0 Å². The third-order valence-corrected chi connectivity index (χ3v) is 5.29. The lowest BCUT2D eigenvalue weighted by Gasteiger charge is -2.23. The summed E-state index contributed by atoms with van der Waals surface area (Å²) in [4.78, 5) is 0. The van der Waals surface area contributed by atoms with Crippen molar-refractivity contribution in [3.63, 3.8) is 0 Å². The minimum Gasteiger partial charge on any atom is -0.358 e. The molecule has 0 saturated carbocycles. The van der Waals surface area contributed by atoms with E-state index in [2.05, 4.69) is 6.07 Å². The maximum absolute atomic E-state index is 11.2. The minimum absolute atomic E-state index is 0.530. The first kappa shape index (κ1) is 16.0. The molecule has 0 amide bonds. The second-order valence-electron chi connectivity index (χ2n) is 6.86. The molecular weight excluding hydrogens is 332 g/mol. The van der Waals surface area contributed by atoms with Crippen molar-refractivity contribution in [3.8, 4) is 33.4 Å². The Labute approximate surface area is 158 Å². The average Bonchev–Trinajstić information content (AvgIpc) is 2.96. The summed E-state index contributed by atoms with van der Waals surface area (Å²) in [6, 6.07) is 31.6. The van der Waals surface area contributed by atoms with Crippen LogP contribution in [0, 0.1) is 0 Å². The van der Waals surface area contributed by atoms with Gasteiger partial charge in [-0.3, -0.25) is 0 Å². The molecule has 4 aromatic carbocycles. The highest BCUT2D eigenvalue weighted by atomic mass is 16.5. The predicted octanol–water partition coefficient (Wildman–Crippen LogP) is 5.19. The lowest BCUT2D eigenvalue weighted by Crippen LogP contribution is -2.24. The molecule has 1 aliphatic rings. The first-order valence-electron chi connectivity index (χ1n) is 9.01. The van der Waals surface area contributed by atoms with Gasteiger partial charge in [0.05, 0.1) is 0 Å². The van der Waals surface area contributed by atoms with Gasteiger partial charge in [0.1, 0.15) is 0 Å². The van der Waals surface area contributed by atoms with E-state index >= 15 is 0 Å². The number of hydrogen-bond acceptors (Lipinski definition) is 2. The lowest BCUT2D eigenvalue weighted by atomic mass is 9.86. The molecule has 0 radical (unpaired) electrons. The fourth-order valence-corrected chi connectivity index (χ4v) is 4.11. The molecule has 0 aromatic heterocycles. The molecule has 1 aliphatic carbocycles. The molecule has 0 spiro atoms. The van der Waals surface area contributed by atoms with E-state index in [4.69, 9.17) is 0 Å². The smallest absolute Gasteiger partial charge is 0.219 e. The minimum atomic E-state index is -2.03. The fraction of sp³-hybridized carbons (Fsp3) is 0.0400. The summed E-state index contributed by atoms with van der Waals surface area (Å²) in [5.74, 6) is -2.03. The van der Waals surface area contributed by atoms with Gasteiger partial charge >= 0.3 is 0 Å². The van der Waals surface area contributed by atoms with Crippen LogP contribution in [0.3, 0.4) is 0 Å². The van der Waals surface area contributed by atoms with E-state index in [9.17, 15) is 10.2 Å². The molecule has 0 fully saturated rings. The molecule has 27 heavy (non-hydrogen) atoms. The third kappa shape index (κ3) is 2.35. The Kier molecular flexibility index (Phi) is 3.51. The van der Waals surface area contributed by atoms with E-state index in [1.807, 2.05) is 84.9 Å². The van der Waals surface area contributed by atoms with Crippen LogP contribution in [0.5, 0.6) is 0 Å². The largest absolute Gasteiger partial charge is 0.358 e. The van der Waals surface area contributed by atoms with Crippen molar-refractivity contribution in [2.75, 3.05) is 0 Å². The van der Waals surface area contributed by atoms with Crippen molar-refractivity contribution in [1.29, 1.82) is 0 Å². The number of benzene rings is 4. The van der Waals surface area contributed by atoms with Crippen LogP contribution in [-0.4, -0.2) is 10.2 Å². The van der Waals surface area contributed by atoms with Crippen molar-refractivity contribution in [2.45, 2.75) is 5.79 Å². The van der Waals surface area contributed by atoms with Crippen LogP contribution in [0.25, 0.3) is 33.4 Å². The van der Waals surface area contributed by atoms with Gasteiger partial charge < -0.3 is 10.2 Å². The molecule has 2 N–H and O–H groups in total. The van der Waals surface area contributed by atoms with Crippen LogP contribution in [0.2, 0.25) is 0 Å². The molecule has 4 aromatic rings. The zero-order valence-electron chi connectivity index (χ0n) is 14.6. The number of rotatable bonds is 2. The molecule has 2 nitrogen and oxygen atoms in total. The SMILES string of the molecule is OC1(O)c2ccccc2-c2ccc(-c3ccccc3)c(-c3ccccc3)c21. The Morgan fingerprint density at radius 2 is 1.04 bits per heavy atom. The Bertz CT molecular complexity index is 1130. The van der Waals surface area contributed by atoms with Crippen LogP contribution in [0.4, 0.5) is 0 Å². The molecule has 0 bridgehead atoms. The highest BCUT2D eigenvalue weighted by Gasteiger charge is 2.42. The number of aliphatic hydroxyl groups is 2. The number of hydrogen-bond donors (Lipinski definition) is 2. The molecule has 0 unspecified atom stereocenters. The van der Waals surface area contributed by atoms with Gasteiger partial charge in [-0.15, -0.1) is 0 Å². The quantitative estimate of drug-likeness (QED) is 0.489. The molecular formula is C25H18O2. The van der Waals surface area contributed by atoms with E-state index < -0.39 is 5.79 Å². The highest BCUT2D eigenvalue weighted by Crippen LogP contribution is 2.52. The summed E-state index contributed by atoms with van der Waals surface area (Å²) >= 11 is 0. The summed E-state index contributed by atoms with van der Waals surface area (Å²) in [6.45, 7) is 0. The average molecular weight is 350 g/mol. The number of fused-ring (bicyclic) bond motifs is 3. The van der Waals surface area contributed by atoms with Gasteiger partial charge in [0.2, 0.25) is 5.79 Å². The Balaban J connectivity index is 1.90. The highest BCUT2D eigenvalue weighted by molar-refractivity contribution is 5.94. The zero-order valence-corrected chi connectivity index (χ0v) is 14.6. The van der Waals surface area contributed by atoms with Gasteiger partial charge in [0.25, 0.3) is 0 Å². The van der Waals surface area contributed by atoms with Crippen molar-refractivity contribution in [2.24, 2.45) is 0 Å². The zero-order chi connectivity index (χ0) is 18.4. The Hall–Kier alpha value is -3.20. The monoisotopic (exact) mass is 350 g/mol. The lowest BCUT2D eigenvalue weighted by molar-refractivity contribution is -0.128. The topological polar surface area (TPSA) is 40.5 Å². The van der Waals surface area contributed by atoms with Crippen LogP contribution in [-0.2, 0) is 5.79 Å². The molecule has 0 aliphatic heterocycles. The molecule has 5 rings (SSSR count). The maximum Gasteiger partial charge on any atom is 0.219 e. The Morgan fingerprint density at radius 3 is 1.74 bits per heavy atom. The standard InChI is InChI=1S/C25H18O2/c26-25(27)22-14-8-7-13-20(22)21-16-15-19(17-9-3-1-4-10-17)23(24(21)25)18-11-5-2-6-12-18/h1-16,26-27H. The second kappa shape index (κ2) is 5.92. The fourth-order valence-electron chi connectivity index (χ4n) is 4.11. The normalized spacial score (nSPS) is 13.9. The molecule has 0 saturated heterocycles. The van der Waals surface area contributed by atoms with E-state index in [1.165, 1.54) is 0 Å². The maximum atomic E-state index is 11.2. The van der Waals surface area contributed by atoms with Crippen molar-refractivity contribution in [3.05, 3.63) is 108 Å². The van der Waals surface area contributed by atoms with Crippen molar-refractivity contribution in [1.82, 2.24) is 0 Å². The summed E-state index contributed by atoms with van der Waals surface area (Å²) in [5, 5.41) is 22.3. The summed E-state index contributed by atoms with van der Waals surface area (Å²) < 4.78 is 0. The summed E-state index contributed by atoms with van der Waals surface area (Å²) in [6.07, 6.45) is 0. The van der Waals surface area contributed by atoms with Gasteiger partial charge in [-0.2, -0.15) is 0 Å². The predicted molar refractivity (Wildman–Crippen MR) is 108 cm³/mol. The van der Waals surface area contributed by atoms with Gasteiger partial charge in [0.15, 0.2) is 0 Å². The summed E-state index contributed by atoms with van der Waals surface area (Å²) in [5.41, 5.74) is 6.68. The molecule has 2 heteroatoms. The van der Waals surface area contributed by atoms with Gasteiger partial charge in [0, 0.05) is 11.1 Å². The van der Waals surface area contributed by atoms with E-state index in [0.29, 0.717) is 11.1 Å². The molecule has 0 heterocycles. The van der Waals surface area contributed by atoms with Crippen molar-refractivity contribution < 1.29 is 10.2 Å². The first-order valence-corrected chi connectivity index (χ1v) is 9.01. The van der Waals surface area contributed by atoms with Crippen molar-refractivity contribution >= 4 is 0 Å². The van der Waals surface area contributed by atoms with E-state index in [-0.39, 0.29) is 0 Å². The van der Waals surface area contributed by atoms with Gasteiger partial charge in [-0.1, -0.05) is 97.1 Å². The van der Waals surface area contributed by atoms with Crippen LogP contribution < -0.4 is 0 Å². The first-order chi connectivity index (χ1) is 13.2. The van der Waals surface area contributed by atoms with Gasteiger partial charge in [-0.05, 0) is 33.4 Å². The van der Waals surface area contributed by atoms with Crippen LogP contribution in [0.15, 0.2) is 97.1 Å². The third-order valence-electron chi connectivity index (χ3n) is 5.29. The molecule has 130 valence electrons. The van der Waals surface area contributed by atoms with E-state index in [1.54, 1.807) is 6.07 Å². The van der Waals surface area contributed by atoms with Crippen LogP contribution in [0.1, 0.15) is 11.1 Å². The van der Waals surface area contributed by atoms with Gasteiger partial charge in [-0.25, -0.2) is 0 Å². The second-order valence-corrected chi connectivity index (χ2v) is 6.86. The summed E-state index contributed by atoms with van der Waals surface area (Å²) in [7, 11) is 0. The van der Waals surface area contributed by atoms with E-state index in [0.717, 1.165) is 33.4 Å². The Morgan fingerprint density at radius 1 is 0.481 bits per heavy atom.